The van der Waals surface area contributed by atoms with E-state index in [1.165, 1.54) is 17.5 Å². The van der Waals surface area contributed by atoms with E-state index < -0.39 is 0 Å². The Kier molecular flexibility index (Phi) is 5.01. The highest BCUT2D eigenvalue weighted by Crippen LogP contribution is 2.19. The third kappa shape index (κ3) is 3.64. The predicted molar refractivity (Wildman–Crippen MR) is 71.8 cm³/mol. The van der Waals surface area contributed by atoms with Crippen LogP contribution in [0.15, 0.2) is 24.3 Å². The molecule has 0 fully saturated rings. The van der Waals surface area contributed by atoms with Crippen molar-refractivity contribution in [3.63, 3.8) is 0 Å². The molecular formula is C15H25N. The first kappa shape index (κ1) is 13.2. The van der Waals surface area contributed by atoms with Gasteiger partial charge in [-0.25, -0.2) is 0 Å². The Morgan fingerprint density at radius 1 is 1.06 bits per heavy atom. The van der Waals surface area contributed by atoms with Crippen LogP contribution in [0.25, 0.3) is 0 Å². The second-order valence-electron chi connectivity index (χ2n) is 5.06. The van der Waals surface area contributed by atoms with E-state index in [0.29, 0.717) is 12.0 Å². The number of hydrogen-bond donors (Lipinski definition) is 0. The van der Waals surface area contributed by atoms with Crippen LogP contribution < -0.4 is 0 Å². The lowest BCUT2D eigenvalue weighted by Crippen LogP contribution is -2.25. The summed E-state index contributed by atoms with van der Waals surface area (Å²) in [5.41, 5.74) is 2.86. The first-order valence-corrected chi connectivity index (χ1v) is 6.33. The van der Waals surface area contributed by atoms with Crippen LogP contribution in [0.5, 0.6) is 0 Å². The summed E-state index contributed by atoms with van der Waals surface area (Å²) >= 11 is 0. The van der Waals surface area contributed by atoms with Crippen molar-refractivity contribution >= 4 is 0 Å². The molecule has 1 aromatic rings. The maximum absolute atomic E-state index is 2.36. The topological polar surface area (TPSA) is 3.24 Å². The smallest absolute Gasteiger partial charge is 0.0233 e. The van der Waals surface area contributed by atoms with E-state index in [0.717, 1.165) is 6.54 Å². The van der Waals surface area contributed by atoms with Crippen LogP contribution in [0.4, 0.5) is 0 Å². The lowest BCUT2D eigenvalue weighted by Gasteiger charge is -2.21. The van der Waals surface area contributed by atoms with Crippen molar-refractivity contribution in [2.75, 3.05) is 7.05 Å². The summed E-state index contributed by atoms with van der Waals surface area (Å²) in [6.07, 6.45) is 1.21. The molecule has 0 bridgehead atoms. The van der Waals surface area contributed by atoms with Gasteiger partial charge in [-0.2, -0.15) is 0 Å². The van der Waals surface area contributed by atoms with Crippen LogP contribution in [-0.4, -0.2) is 18.0 Å². The van der Waals surface area contributed by atoms with Crippen molar-refractivity contribution < 1.29 is 0 Å². The van der Waals surface area contributed by atoms with E-state index in [1.54, 1.807) is 0 Å². The molecule has 0 radical (unpaired) electrons. The second-order valence-corrected chi connectivity index (χ2v) is 5.06. The SMILES string of the molecule is CCC(C)c1ccc(CN(C)C(C)C)cc1. The molecule has 0 aliphatic carbocycles. The number of hydrogen-bond acceptors (Lipinski definition) is 1. The Labute approximate surface area is 100 Å². The van der Waals surface area contributed by atoms with E-state index in [-0.39, 0.29) is 0 Å². The van der Waals surface area contributed by atoms with Gasteiger partial charge >= 0.3 is 0 Å². The third-order valence-electron chi connectivity index (χ3n) is 3.47. The summed E-state index contributed by atoms with van der Waals surface area (Å²) in [5, 5.41) is 0. The molecule has 0 aromatic heterocycles. The Balaban J connectivity index is 2.64. The van der Waals surface area contributed by atoms with Gasteiger partial charge in [-0.15, -0.1) is 0 Å². The molecule has 1 rings (SSSR count). The third-order valence-corrected chi connectivity index (χ3v) is 3.47. The number of rotatable bonds is 5. The number of nitrogens with zero attached hydrogens (tertiary/aromatic N) is 1. The highest BCUT2D eigenvalue weighted by Gasteiger charge is 2.05. The van der Waals surface area contributed by atoms with Gasteiger partial charge in [0.2, 0.25) is 0 Å². The summed E-state index contributed by atoms with van der Waals surface area (Å²) in [7, 11) is 2.17. The molecule has 0 saturated carbocycles. The Morgan fingerprint density at radius 2 is 1.62 bits per heavy atom. The molecule has 1 atom stereocenters. The molecule has 0 aliphatic rings. The van der Waals surface area contributed by atoms with Gasteiger partial charge in [0.15, 0.2) is 0 Å². The lowest BCUT2D eigenvalue weighted by molar-refractivity contribution is 0.266. The second kappa shape index (κ2) is 6.05. The van der Waals surface area contributed by atoms with E-state index in [2.05, 4.69) is 63.9 Å². The molecule has 0 amide bonds. The van der Waals surface area contributed by atoms with Crippen LogP contribution in [0.3, 0.4) is 0 Å². The molecule has 0 aliphatic heterocycles. The van der Waals surface area contributed by atoms with Crippen LogP contribution in [0.2, 0.25) is 0 Å². The molecule has 0 spiro atoms. The molecule has 90 valence electrons. The molecular weight excluding hydrogens is 194 g/mol. The molecule has 1 heteroatoms. The molecule has 1 aromatic carbocycles. The molecule has 0 N–H and O–H groups in total. The average Bonchev–Trinajstić information content (AvgIpc) is 2.28. The van der Waals surface area contributed by atoms with Gasteiger partial charge in [0.1, 0.15) is 0 Å². The fraction of sp³-hybridized carbons (Fsp3) is 0.600. The van der Waals surface area contributed by atoms with Crippen molar-refractivity contribution in [2.24, 2.45) is 0 Å². The summed E-state index contributed by atoms with van der Waals surface area (Å²) in [6.45, 7) is 10.0. The van der Waals surface area contributed by atoms with Gasteiger partial charge in [-0.3, -0.25) is 4.90 Å². The predicted octanol–water partition coefficient (Wildman–Crippen LogP) is 4.04. The Bertz CT molecular complexity index is 300. The molecule has 0 heterocycles. The van der Waals surface area contributed by atoms with Gasteiger partial charge in [0.05, 0.1) is 0 Å². The van der Waals surface area contributed by atoms with Crippen molar-refractivity contribution in [3.05, 3.63) is 35.4 Å². The molecule has 1 unspecified atom stereocenters. The highest BCUT2D eigenvalue weighted by atomic mass is 15.1. The zero-order chi connectivity index (χ0) is 12.1. The van der Waals surface area contributed by atoms with E-state index in [9.17, 15) is 0 Å². The fourth-order valence-corrected chi connectivity index (χ4v) is 1.66. The minimum Gasteiger partial charge on any atom is -0.300 e. The van der Waals surface area contributed by atoms with Gasteiger partial charge in [-0.1, -0.05) is 38.1 Å². The number of benzene rings is 1. The van der Waals surface area contributed by atoms with E-state index >= 15 is 0 Å². The summed E-state index contributed by atoms with van der Waals surface area (Å²) < 4.78 is 0. The van der Waals surface area contributed by atoms with E-state index in [4.69, 9.17) is 0 Å². The quantitative estimate of drug-likeness (QED) is 0.722. The maximum atomic E-state index is 2.36. The van der Waals surface area contributed by atoms with Gasteiger partial charge in [0, 0.05) is 12.6 Å². The van der Waals surface area contributed by atoms with Crippen molar-refractivity contribution in [1.82, 2.24) is 4.90 Å². The minimum absolute atomic E-state index is 0.606. The normalized spacial score (nSPS) is 13.4. The largest absolute Gasteiger partial charge is 0.300 e. The zero-order valence-electron chi connectivity index (χ0n) is 11.3. The van der Waals surface area contributed by atoms with Gasteiger partial charge < -0.3 is 0 Å². The van der Waals surface area contributed by atoms with E-state index in [1.807, 2.05) is 0 Å². The molecule has 1 nitrogen and oxygen atoms in total. The minimum atomic E-state index is 0.606. The van der Waals surface area contributed by atoms with Crippen LogP contribution >= 0.6 is 0 Å². The molecule has 0 saturated heterocycles. The summed E-state index contributed by atoms with van der Waals surface area (Å²) in [4.78, 5) is 2.36. The Morgan fingerprint density at radius 3 is 2.06 bits per heavy atom. The first-order valence-electron chi connectivity index (χ1n) is 6.33. The van der Waals surface area contributed by atoms with Crippen molar-refractivity contribution in [3.8, 4) is 0 Å². The molecule has 16 heavy (non-hydrogen) atoms. The van der Waals surface area contributed by atoms with Crippen molar-refractivity contribution in [1.29, 1.82) is 0 Å². The van der Waals surface area contributed by atoms with Crippen molar-refractivity contribution in [2.45, 2.75) is 52.6 Å². The zero-order valence-corrected chi connectivity index (χ0v) is 11.3. The summed E-state index contributed by atoms with van der Waals surface area (Å²) in [6, 6.07) is 9.69. The van der Waals surface area contributed by atoms with Crippen LogP contribution in [0.1, 0.15) is 51.2 Å². The highest BCUT2D eigenvalue weighted by molar-refractivity contribution is 5.24. The Hall–Kier alpha value is -0.820. The average molecular weight is 219 g/mol. The summed E-state index contributed by atoms with van der Waals surface area (Å²) in [5.74, 6) is 0.678. The lowest BCUT2D eigenvalue weighted by atomic mass is 9.97. The van der Waals surface area contributed by atoms with Gasteiger partial charge in [0.25, 0.3) is 0 Å². The fourth-order valence-electron chi connectivity index (χ4n) is 1.66. The van der Waals surface area contributed by atoms with Crippen LogP contribution in [-0.2, 0) is 6.54 Å². The van der Waals surface area contributed by atoms with Crippen LogP contribution in [0, 0.1) is 0 Å². The maximum Gasteiger partial charge on any atom is 0.0233 e. The van der Waals surface area contributed by atoms with Gasteiger partial charge in [-0.05, 0) is 44.4 Å². The first-order chi connectivity index (χ1) is 7.54. The standard InChI is InChI=1S/C15H25N/c1-6-13(4)15-9-7-14(8-10-15)11-16(5)12(2)3/h7-10,12-13H,6,11H2,1-5H3. The monoisotopic (exact) mass is 219 g/mol.